The molecule has 1 saturated heterocycles. The molecule has 0 radical (unpaired) electrons. The maximum absolute atomic E-state index is 9.54. The van der Waals surface area contributed by atoms with E-state index in [4.69, 9.17) is 5.11 Å². The molecular weight excluding hydrogens is 202 g/mol. The van der Waals surface area contributed by atoms with Gasteiger partial charge in [-0.3, -0.25) is 0 Å². The Morgan fingerprint density at radius 2 is 1.94 bits per heavy atom. The Morgan fingerprint density at radius 3 is 2.44 bits per heavy atom. The molecule has 96 valence electrons. The van der Waals surface area contributed by atoms with Crippen molar-refractivity contribution in [2.24, 2.45) is 11.3 Å². The molecule has 1 fully saturated rings. The summed E-state index contributed by atoms with van der Waals surface area (Å²) in [5.74, 6) is 0.662. The smallest absolute Gasteiger partial charge is 0.0499 e. The van der Waals surface area contributed by atoms with Crippen molar-refractivity contribution >= 4 is 0 Å². The van der Waals surface area contributed by atoms with E-state index in [2.05, 4.69) is 18.7 Å². The fraction of sp³-hybridized carbons (Fsp3) is 1.00. The second-order valence-corrected chi connectivity index (χ2v) is 5.27. The van der Waals surface area contributed by atoms with Crippen molar-refractivity contribution in [1.29, 1.82) is 0 Å². The van der Waals surface area contributed by atoms with Gasteiger partial charge in [-0.25, -0.2) is 0 Å². The lowest BCUT2D eigenvalue weighted by molar-refractivity contribution is 0.0730. The third kappa shape index (κ3) is 3.44. The van der Waals surface area contributed by atoms with E-state index < -0.39 is 0 Å². The number of aliphatic hydroxyl groups excluding tert-OH is 2. The Balaban J connectivity index is 2.42. The van der Waals surface area contributed by atoms with Gasteiger partial charge in [0, 0.05) is 31.7 Å². The highest BCUT2D eigenvalue weighted by molar-refractivity contribution is 4.84. The zero-order chi connectivity index (χ0) is 12.0. The summed E-state index contributed by atoms with van der Waals surface area (Å²) < 4.78 is 0. The largest absolute Gasteiger partial charge is 0.396 e. The van der Waals surface area contributed by atoms with Crippen molar-refractivity contribution in [3.63, 3.8) is 0 Å². The third-order valence-corrected chi connectivity index (χ3v) is 4.30. The average molecular weight is 229 g/mol. The molecule has 0 saturated carbocycles. The van der Waals surface area contributed by atoms with Crippen LogP contribution in [0.2, 0.25) is 0 Å². The predicted octanol–water partition coefficient (Wildman–Crippen LogP) is 1.49. The minimum atomic E-state index is 0.0914. The molecule has 1 atom stereocenters. The van der Waals surface area contributed by atoms with Gasteiger partial charge in [-0.15, -0.1) is 0 Å². The summed E-state index contributed by atoms with van der Waals surface area (Å²) in [4.78, 5) is 2.46. The molecule has 1 rings (SSSR count). The van der Waals surface area contributed by atoms with E-state index in [9.17, 15) is 5.11 Å². The maximum Gasteiger partial charge on any atom is 0.0499 e. The summed E-state index contributed by atoms with van der Waals surface area (Å²) in [5, 5.41) is 18.5. The third-order valence-electron chi connectivity index (χ3n) is 4.30. The molecule has 0 amide bonds. The van der Waals surface area contributed by atoms with Crippen LogP contribution in [0.4, 0.5) is 0 Å². The van der Waals surface area contributed by atoms with Crippen molar-refractivity contribution in [1.82, 2.24) is 4.90 Å². The fourth-order valence-electron chi connectivity index (χ4n) is 2.70. The van der Waals surface area contributed by atoms with Crippen molar-refractivity contribution in [3.05, 3.63) is 0 Å². The Kier molecular flexibility index (Phi) is 5.73. The van der Waals surface area contributed by atoms with Crippen molar-refractivity contribution < 1.29 is 10.2 Å². The maximum atomic E-state index is 9.54. The van der Waals surface area contributed by atoms with Gasteiger partial charge in [0.15, 0.2) is 0 Å². The van der Waals surface area contributed by atoms with Crippen molar-refractivity contribution in [2.45, 2.75) is 39.5 Å². The first-order valence-electron chi connectivity index (χ1n) is 6.63. The molecule has 0 aromatic rings. The van der Waals surface area contributed by atoms with E-state index in [0.29, 0.717) is 19.1 Å². The van der Waals surface area contributed by atoms with E-state index in [1.807, 2.05) is 0 Å². The quantitative estimate of drug-likeness (QED) is 0.695. The standard InChI is InChI=1S/C13H27NO2/c1-3-13(4-2,11-16)10-14-7-5-12(9-14)6-8-15/h12,15-16H,3-11H2,1-2H3. The molecule has 0 bridgehead atoms. The number of hydrogen-bond acceptors (Lipinski definition) is 3. The molecule has 1 heterocycles. The summed E-state index contributed by atoms with van der Waals surface area (Å²) in [7, 11) is 0. The van der Waals surface area contributed by atoms with E-state index >= 15 is 0 Å². The van der Waals surface area contributed by atoms with Crippen LogP contribution in [0, 0.1) is 11.3 Å². The van der Waals surface area contributed by atoms with Crippen LogP contribution >= 0.6 is 0 Å². The van der Waals surface area contributed by atoms with E-state index in [1.54, 1.807) is 0 Å². The topological polar surface area (TPSA) is 43.7 Å². The number of rotatable bonds is 7. The fourth-order valence-corrected chi connectivity index (χ4v) is 2.70. The first-order valence-corrected chi connectivity index (χ1v) is 6.63. The average Bonchev–Trinajstić information content (AvgIpc) is 2.74. The van der Waals surface area contributed by atoms with Crippen LogP contribution in [0.5, 0.6) is 0 Å². The van der Waals surface area contributed by atoms with Gasteiger partial charge >= 0.3 is 0 Å². The van der Waals surface area contributed by atoms with Crippen molar-refractivity contribution in [3.8, 4) is 0 Å². The monoisotopic (exact) mass is 229 g/mol. The lowest BCUT2D eigenvalue weighted by Crippen LogP contribution is -2.38. The first-order chi connectivity index (χ1) is 7.69. The Labute approximate surface area is 99.5 Å². The van der Waals surface area contributed by atoms with Crippen LogP contribution in [0.15, 0.2) is 0 Å². The summed E-state index contributed by atoms with van der Waals surface area (Å²) >= 11 is 0. The summed E-state index contributed by atoms with van der Waals surface area (Å²) in [6, 6.07) is 0. The molecule has 0 aromatic carbocycles. The second-order valence-electron chi connectivity index (χ2n) is 5.27. The van der Waals surface area contributed by atoms with Crippen molar-refractivity contribution in [2.75, 3.05) is 32.8 Å². The SMILES string of the molecule is CCC(CC)(CO)CN1CCC(CCO)C1. The summed E-state index contributed by atoms with van der Waals surface area (Å²) in [6.45, 7) is 8.18. The van der Waals surface area contributed by atoms with Gasteiger partial charge in [-0.2, -0.15) is 0 Å². The molecular formula is C13H27NO2. The summed E-state index contributed by atoms with van der Waals surface area (Å²) in [6.07, 6.45) is 4.22. The molecule has 1 aliphatic rings. The highest BCUT2D eigenvalue weighted by Gasteiger charge is 2.31. The van der Waals surface area contributed by atoms with Gasteiger partial charge in [0.1, 0.15) is 0 Å². The molecule has 2 N–H and O–H groups in total. The minimum absolute atomic E-state index is 0.0914. The van der Waals surface area contributed by atoms with Crippen LogP contribution < -0.4 is 0 Å². The molecule has 1 aliphatic heterocycles. The van der Waals surface area contributed by atoms with E-state index in [-0.39, 0.29) is 5.41 Å². The predicted molar refractivity (Wildman–Crippen MR) is 66.4 cm³/mol. The zero-order valence-electron chi connectivity index (χ0n) is 10.8. The van der Waals surface area contributed by atoms with Gasteiger partial charge in [-0.05, 0) is 38.1 Å². The van der Waals surface area contributed by atoms with E-state index in [0.717, 1.165) is 38.9 Å². The Hall–Kier alpha value is -0.120. The summed E-state index contributed by atoms with van der Waals surface area (Å²) in [5.41, 5.74) is 0.0914. The molecule has 0 aromatic heterocycles. The van der Waals surface area contributed by atoms with E-state index in [1.165, 1.54) is 6.42 Å². The number of aliphatic hydroxyl groups is 2. The number of likely N-dealkylation sites (tertiary alicyclic amines) is 1. The minimum Gasteiger partial charge on any atom is -0.396 e. The zero-order valence-corrected chi connectivity index (χ0v) is 10.8. The molecule has 3 heteroatoms. The highest BCUT2D eigenvalue weighted by atomic mass is 16.3. The van der Waals surface area contributed by atoms with Gasteiger partial charge < -0.3 is 15.1 Å². The lowest BCUT2D eigenvalue weighted by Gasteiger charge is -2.34. The molecule has 0 aliphatic carbocycles. The Bertz CT molecular complexity index is 184. The first kappa shape index (κ1) is 13.9. The van der Waals surface area contributed by atoms with Gasteiger partial charge in [-0.1, -0.05) is 13.8 Å². The van der Waals surface area contributed by atoms with Gasteiger partial charge in [0.05, 0.1) is 0 Å². The molecule has 0 spiro atoms. The highest BCUT2D eigenvalue weighted by Crippen LogP contribution is 2.30. The van der Waals surface area contributed by atoms with Crippen LogP contribution in [0.1, 0.15) is 39.5 Å². The number of nitrogens with zero attached hydrogens (tertiary/aromatic N) is 1. The normalized spacial score (nSPS) is 22.9. The molecule has 3 nitrogen and oxygen atoms in total. The van der Waals surface area contributed by atoms with Gasteiger partial charge in [0.25, 0.3) is 0 Å². The second kappa shape index (κ2) is 6.58. The lowest BCUT2D eigenvalue weighted by atomic mass is 9.83. The van der Waals surface area contributed by atoms with Crippen LogP contribution in [0.25, 0.3) is 0 Å². The van der Waals surface area contributed by atoms with Crippen LogP contribution in [-0.2, 0) is 0 Å². The van der Waals surface area contributed by atoms with Gasteiger partial charge in [0.2, 0.25) is 0 Å². The van der Waals surface area contributed by atoms with Crippen LogP contribution in [0.3, 0.4) is 0 Å². The van der Waals surface area contributed by atoms with Crippen LogP contribution in [-0.4, -0.2) is 48.0 Å². The number of hydrogen-bond donors (Lipinski definition) is 2. The Morgan fingerprint density at radius 1 is 1.25 bits per heavy atom. The molecule has 1 unspecified atom stereocenters. The molecule has 16 heavy (non-hydrogen) atoms.